The van der Waals surface area contributed by atoms with Gasteiger partial charge in [0.15, 0.2) is 0 Å². The summed E-state index contributed by atoms with van der Waals surface area (Å²) < 4.78 is 5.14. The number of ether oxygens (including phenoxy) is 1. The molecule has 0 radical (unpaired) electrons. The van der Waals surface area contributed by atoms with Crippen LogP contribution < -0.4 is 15.0 Å². The lowest BCUT2D eigenvalue weighted by molar-refractivity contribution is -0.121. The van der Waals surface area contributed by atoms with Gasteiger partial charge in [0.05, 0.1) is 13.5 Å². The molecule has 0 aliphatic carbocycles. The van der Waals surface area contributed by atoms with E-state index in [1.807, 2.05) is 61.2 Å². The summed E-state index contributed by atoms with van der Waals surface area (Å²) in [4.78, 5) is 26.8. The molecule has 0 fully saturated rings. The third kappa shape index (κ3) is 4.48. The average Bonchev–Trinajstić information content (AvgIpc) is 2.67. The number of benzene rings is 2. The van der Waals surface area contributed by atoms with Crippen LogP contribution >= 0.6 is 0 Å². The third-order valence-corrected chi connectivity index (χ3v) is 4.77. The Balaban J connectivity index is 1.72. The van der Waals surface area contributed by atoms with Crippen LogP contribution in [0.5, 0.6) is 5.75 Å². The van der Waals surface area contributed by atoms with Gasteiger partial charge in [-0.1, -0.05) is 32.0 Å². The summed E-state index contributed by atoms with van der Waals surface area (Å²) in [6.07, 6.45) is 2.21. The van der Waals surface area contributed by atoms with Crippen LogP contribution in [0.25, 0.3) is 0 Å². The standard InChI is InChI=1S/C22H26N2O3/c1-15(2)22(26)24-12-4-5-17-8-9-18(14-20(17)24)23-21(25)13-16-6-10-19(27-3)11-7-16/h6-11,14-15H,4-5,12-13H2,1-3H3,(H,23,25). The van der Waals surface area contributed by atoms with Crippen LogP contribution in [0, 0.1) is 5.92 Å². The minimum Gasteiger partial charge on any atom is -0.497 e. The van der Waals surface area contributed by atoms with Gasteiger partial charge in [-0.3, -0.25) is 9.59 Å². The third-order valence-electron chi connectivity index (χ3n) is 4.77. The number of rotatable bonds is 5. The quantitative estimate of drug-likeness (QED) is 0.875. The first kappa shape index (κ1) is 19.0. The number of anilines is 2. The molecule has 1 heterocycles. The van der Waals surface area contributed by atoms with Crippen LogP contribution in [-0.2, 0) is 22.4 Å². The zero-order chi connectivity index (χ0) is 19.4. The Morgan fingerprint density at radius 1 is 1.15 bits per heavy atom. The van der Waals surface area contributed by atoms with Crippen molar-refractivity contribution in [3.63, 3.8) is 0 Å². The molecule has 5 heteroatoms. The second kappa shape index (κ2) is 8.25. The van der Waals surface area contributed by atoms with Gasteiger partial charge in [-0.2, -0.15) is 0 Å². The van der Waals surface area contributed by atoms with Gasteiger partial charge in [0.25, 0.3) is 0 Å². The van der Waals surface area contributed by atoms with E-state index in [0.717, 1.165) is 47.6 Å². The summed E-state index contributed by atoms with van der Waals surface area (Å²) >= 11 is 0. The highest BCUT2D eigenvalue weighted by Gasteiger charge is 2.24. The molecule has 0 bridgehead atoms. The lowest BCUT2D eigenvalue weighted by Crippen LogP contribution is -2.38. The van der Waals surface area contributed by atoms with Crippen LogP contribution in [0.1, 0.15) is 31.4 Å². The van der Waals surface area contributed by atoms with Crippen LogP contribution in [0.2, 0.25) is 0 Å². The molecule has 5 nitrogen and oxygen atoms in total. The van der Waals surface area contributed by atoms with Gasteiger partial charge >= 0.3 is 0 Å². The van der Waals surface area contributed by atoms with Gasteiger partial charge < -0.3 is 15.0 Å². The number of carbonyl (C=O) groups excluding carboxylic acids is 2. The Kier molecular flexibility index (Phi) is 5.79. The van der Waals surface area contributed by atoms with Gasteiger partial charge in [-0.25, -0.2) is 0 Å². The molecule has 1 N–H and O–H groups in total. The van der Waals surface area contributed by atoms with Gasteiger partial charge in [0, 0.05) is 23.8 Å². The first-order chi connectivity index (χ1) is 13.0. The maximum absolute atomic E-state index is 12.5. The topological polar surface area (TPSA) is 58.6 Å². The molecular formula is C22H26N2O3. The molecule has 2 aromatic rings. The fourth-order valence-electron chi connectivity index (χ4n) is 3.33. The molecular weight excluding hydrogens is 340 g/mol. The maximum Gasteiger partial charge on any atom is 0.229 e. The number of nitrogens with one attached hydrogen (secondary N) is 1. The zero-order valence-electron chi connectivity index (χ0n) is 16.1. The van der Waals surface area contributed by atoms with Gasteiger partial charge in [0.1, 0.15) is 5.75 Å². The molecule has 1 aliphatic rings. The van der Waals surface area contributed by atoms with E-state index in [1.54, 1.807) is 7.11 Å². The van der Waals surface area contributed by atoms with Gasteiger partial charge in [-0.05, 0) is 48.2 Å². The zero-order valence-corrected chi connectivity index (χ0v) is 16.1. The Bertz CT molecular complexity index is 828. The van der Waals surface area contributed by atoms with Crippen LogP contribution in [0.3, 0.4) is 0 Å². The molecule has 27 heavy (non-hydrogen) atoms. The first-order valence-electron chi connectivity index (χ1n) is 9.35. The maximum atomic E-state index is 12.5. The molecule has 2 aromatic carbocycles. The predicted octanol–water partition coefficient (Wildman–Crippen LogP) is 3.81. The Morgan fingerprint density at radius 3 is 2.56 bits per heavy atom. The molecule has 0 saturated carbocycles. The molecule has 0 spiro atoms. The first-order valence-corrected chi connectivity index (χ1v) is 9.35. The van der Waals surface area contributed by atoms with Crippen molar-refractivity contribution in [2.24, 2.45) is 5.92 Å². The van der Waals surface area contributed by atoms with E-state index in [4.69, 9.17) is 4.74 Å². The number of carbonyl (C=O) groups is 2. The molecule has 0 saturated heterocycles. The summed E-state index contributed by atoms with van der Waals surface area (Å²) in [5.74, 6) is 0.753. The lowest BCUT2D eigenvalue weighted by atomic mass is 9.99. The lowest BCUT2D eigenvalue weighted by Gasteiger charge is -2.31. The Hall–Kier alpha value is -2.82. The average molecular weight is 366 g/mol. The van der Waals surface area contributed by atoms with E-state index >= 15 is 0 Å². The van der Waals surface area contributed by atoms with Crippen molar-refractivity contribution < 1.29 is 14.3 Å². The monoisotopic (exact) mass is 366 g/mol. The van der Waals surface area contributed by atoms with Crippen LogP contribution in [-0.4, -0.2) is 25.5 Å². The van der Waals surface area contributed by atoms with Crippen molar-refractivity contribution in [2.45, 2.75) is 33.1 Å². The molecule has 3 rings (SSSR count). The number of hydrogen-bond acceptors (Lipinski definition) is 3. The molecule has 0 atom stereocenters. The Morgan fingerprint density at radius 2 is 1.89 bits per heavy atom. The normalized spacial score (nSPS) is 13.3. The second-order valence-electron chi connectivity index (χ2n) is 7.16. The number of fused-ring (bicyclic) bond motifs is 1. The van der Waals surface area contributed by atoms with Gasteiger partial charge in [-0.15, -0.1) is 0 Å². The van der Waals surface area contributed by atoms with Crippen molar-refractivity contribution in [3.8, 4) is 5.75 Å². The number of methoxy groups -OCH3 is 1. The summed E-state index contributed by atoms with van der Waals surface area (Å²) in [6.45, 7) is 4.56. The number of aryl methyl sites for hydroxylation is 1. The molecule has 0 unspecified atom stereocenters. The fraction of sp³-hybridized carbons (Fsp3) is 0.364. The van der Waals surface area contributed by atoms with E-state index < -0.39 is 0 Å². The number of nitrogens with zero attached hydrogens (tertiary/aromatic N) is 1. The second-order valence-corrected chi connectivity index (χ2v) is 7.16. The fourth-order valence-corrected chi connectivity index (χ4v) is 3.33. The van der Waals surface area contributed by atoms with E-state index in [-0.39, 0.29) is 24.2 Å². The number of amides is 2. The van der Waals surface area contributed by atoms with Crippen LogP contribution in [0.4, 0.5) is 11.4 Å². The smallest absolute Gasteiger partial charge is 0.229 e. The van der Waals surface area contributed by atoms with E-state index in [2.05, 4.69) is 5.32 Å². The van der Waals surface area contributed by atoms with Crippen molar-refractivity contribution in [3.05, 3.63) is 53.6 Å². The minimum atomic E-state index is -0.0855. The van der Waals surface area contributed by atoms with Crippen molar-refractivity contribution in [1.29, 1.82) is 0 Å². The predicted molar refractivity (Wildman–Crippen MR) is 107 cm³/mol. The molecule has 1 aliphatic heterocycles. The molecule has 0 aromatic heterocycles. The summed E-state index contributed by atoms with van der Waals surface area (Å²) in [5, 5.41) is 2.95. The van der Waals surface area contributed by atoms with E-state index in [0.29, 0.717) is 0 Å². The van der Waals surface area contributed by atoms with Crippen molar-refractivity contribution >= 4 is 23.2 Å². The SMILES string of the molecule is COc1ccc(CC(=O)Nc2ccc3c(c2)N(C(=O)C(C)C)CCC3)cc1. The van der Waals surface area contributed by atoms with Gasteiger partial charge in [0.2, 0.25) is 11.8 Å². The van der Waals surface area contributed by atoms with E-state index in [9.17, 15) is 9.59 Å². The largest absolute Gasteiger partial charge is 0.497 e. The summed E-state index contributed by atoms with van der Waals surface area (Å²) in [6, 6.07) is 13.3. The highest BCUT2D eigenvalue weighted by Crippen LogP contribution is 2.31. The highest BCUT2D eigenvalue weighted by molar-refractivity contribution is 5.98. The highest BCUT2D eigenvalue weighted by atomic mass is 16.5. The molecule has 2 amide bonds. The Labute approximate surface area is 160 Å². The summed E-state index contributed by atoms with van der Waals surface area (Å²) in [5.41, 5.74) is 3.71. The molecule has 142 valence electrons. The van der Waals surface area contributed by atoms with Crippen molar-refractivity contribution in [1.82, 2.24) is 0 Å². The van der Waals surface area contributed by atoms with Crippen molar-refractivity contribution in [2.75, 3.05) is 23.9 Å². The summed E-state index contributed by atoms with van der Waals surface area (Å²) in [7, 11) is 1.62. The number of hydrogen-bond donors (Lipinski definition) is 1. The van der Waals surface area contributed by atoms with Crippen LogP contribution in [0.15, 0.2) is 42.5 Å². The minimum absolute atomic E-state index is 0.0516. The van der Waals surface area contributed by atoms with E-state index in [1.165, 1.54) is 0 Å².